The number of esters is 1. The van der Waals surface area contributed by atoms with Crippen LogP contribution in [0.25, 0.3) is 5.69 Å². The fraction of sp³-hybridized carbons (Fsp3) is 0.250. The predicted octanol–water partition coefficient (Wildman–Crippen LogP) is 4.23. The monoisotopic (exact) mass is 335 g/mol. The van der Waals surface area contributed by atoms with E-state index < -0.39 is 5.97 Å². The van der Waals surface area contributed by atoms with Crippen LogP contribution in [-0.2, 0) is 0 Å². The molecule has 0 radical (unpaired) electrons. The first-order valence-corrected chi connectivity index (χ1v) is 8.27. The molecule has 0 bridgehead atoms. The zero-order valence-corrected chi connectivity index (χ0v) is 14.9. The minimum atomic E-state index is -0.508. The van der Waals surface area contributed by atoms with Gasteiger partial charge in [-0.05, 0) is 49.6 Å². The first-order chi connectivity index (χ1) is 12.0. The molecule has 0 amide bonds. The Bertz CT molecular complexity index is 878. The summed E-state index contributed by atoms with van der Waals surface area (Å²) in [6.45, 7) is 8.08. The molecule has 128 valence electrons. The summed E-state index contributed by atoms with van der Waals surface area (Å²) in [5.74, 6) is 0.447. The third-order valence-corrected chi connectivity index (χ3v) is 4.12. The van der Waals surface area contributed by atoms with Gasteiger partial charge in [-0.2, -0.15) is 0 Å². The molecule has 0 N–H and O–H groups in total. The van der Waals surface area contributed by atoms with Gasteiger partial charge in [0.05, 0.1) is 11.4 Å². The van der Waals surface area contributed by atoms with Gasteiger partial charge in [-0.3, -0.25) is 0 Å². The van der Waals surface area contributed by atoms with Crippen LogP contribution in [0, 0.1) is 13.8 Å². The highest BCUT2D eigenvalue weighted by molar-refractivity contribution is 5.90. The molecule has 5 nitrogen and oxygen atoms in total. The molecule has 0 atom stereocenters. The lowest BCUT2D eigenvalue weighted by Gasteiger charge is -2.08. The van der Waals surface area contributed by atoms with Crippen molar-refractivity contribution in [2.75, 3.05) is 0 Å². The van der Waals surface area contributed by atoms with Crippen molar-refractivity contribution in [3.8, 4) is 11.4 Å². The Balaban J connectivity index is 1.82. The normalized spacial score (nSPS) is 10.9. The van der Waals surface area contributed by atoms with Crippen molar-refractivity contribution in [1.29, 1.82) is 0 Å². The van der Waals surface area contributed by atoms with Gasteiger partial charge < -0.3 is 4.74 Å². The van der Waals surface area contributed by atoms with Crippen molar-refractivity contribution in [3.63, 3.8) is 0 Å². The van der Waals surface area contributed by atoms with Crippen molar-refractivity contribution in [3.05, 3.63) is 71.0 Å². The lowest BCUT2D eigenvalue weighted by molar-refractivity contribution is 0.0727. The Morgan fingerprint density at radius 3 is 2.24 bits per heavy atom. The summed E-state index contributed by atoms with van der Waals surface area (Å²) in [5.41, 5.74) is 4.08. The van der Waals surface area contributed by atoms with E-state index in [2.05, 4.69) is 36.3 Å². The quantitative estimate of drug-likeness (QED) is 0.529. The van der Waals surface area contributed by atoms with E-state index in [1.54, 1.807) is 16.8 Å². The first kappa shape index (κ1) is 16.9. The van der Waals surface area contributed by atoms with E-state index in [1.807, 2.05) is 38.1 Å². The molecule has 0 aliphatic carbocycles. The van der Waals surface area contributed by atoms with E-state index >= 15 is 0 Å². The molecule has 1 aromatic heterocycles. The Labute approximate surface area is 147 Å². The second-order valence-corrected chi connectivity index (χ2v) is 6.38. The van der Waals surface area contributed by atoms with Crippen LogP contribution in [0.5, 0.6) is 5.75 Å². The van der Waals surface area contributed by atoms with Gasteiger partial charge in [0.15, 0.2) is 5.69 Å². The third-order valence-electron chi connectivity index (χ3n) is 4.12. The molecule has 0 aliphatic heterocycles. The Morgan fingerprint density at radius 1 is 1.00 bits per heavy atom. The fourth-order valence-corrected chi connectivity index (χ4v) is 2.53. The van der Waals surface area contributed by atoms with Crippen LogP contribution in [0.2, 0.25) is 0 Å². The van der Waals surface area contributed by atoms with E-state index in [0.29, 0.717) is 17.4 Å². The summed E-state index contributed by atoms with van der Waals surface area (Å²) < 4.78 is 7.03. The summed E-state index contributed by atoms with van der Waals surface area (Å²) >= 11 is 0. The molecule has 0 aliphatic rings. The van der Waals surface area contributed by atoms with E-state index in [-0.39, 0.29) is 5.69 Å². The Kier molecular flexibility index (Phi) is 4.65. The fourth-order valence-electron chi connectivity index (χ4n) is 2.53. The van der Waals surface area contributed by atoms with Gasteiger partial charge in [0.1, 0.15) is 5.75 Å². The van der Waals surface area contributed by atoms with Crippen LogP contribution >= 0.6 is 0 Å². The molecule has 1 heterocycles. The molecule has 0 fully saturated rings. The molecule has 2 aromatic carbocycles. The highest BCUT2D eigenvalue weighted by Gasteiger charge is 2.19. The molecule has 3 aromatic rings. The maximum Gasteiger partial charge on any atom is 0.366 e. The number of hydrogen-bond acceptors (Lipinski definition) is 4. The molecule has 25 heavy (non-hydrogen) atoms. The molecule has 3 rings (SSSR count). The Hall–Kier alpha value is -2.95. The lowest BCUT2D eigenvalue weighted by Crippen LogP contribution is -2.11. The number of aromatic nitrogens is 3. The van der Waals surface area contributed by atoms with Gasteiger partial charge in [0, 0.05) is 0 Å². The number of carbonyl (C=O) groups excluding carboxylic acids is 1. The summed E-state index contributed by atoms with van der Waals surface area (Å²) in [6, 6.07) is 15.4. The van der Waals surface area contributed by atoms with Gasteiger partial charge >= 0.3 is 5.97 Å². The summed E-state index contributed by atoms with van der Waals surface area (Å²) in [4.78, 5) is 12.4. The standard InChI is InChI=1S/C20H21N3O2/c1-13(2)16-7-9-17(10-8-16)23-15(4)19(21-22-23)20(24)25-18-11-5-14(3)6-12-18/h5-13H,1-4H3. The average Bonchev–Trinajstić information content (AvgIpc) is 2.98. The highest BCUT2D eigenvalue weighted by atomic mass is 16.5. The van der Waals surface area contributed by atoms with Gasteiger partial charge in [-0.15, -0.1) is 5.10 Å². The smallest absolute Gasteiger partial charge is 0.366 e. The number of aryl methyl sites for hydroxylation is 1. The number of benzene rings is 2. The topological polar surface area (TPSA) is 57.0 Å². The molecule has 0 spiro atoms. The minimum absolute atomic E-state index is 0.216. The summed E-state index contributed by atoms with van der Waals surface area (Å²) in [5, 5.41) is 8.10. The molecule has 0 saturated heterocycles. The molecule has 5 heteroatoms. The van der Waals surface area contributed by atoms with Crippen LogP contribution in [0.3, 0.4) is 0 Å². The number of ether oxygens (including phenoxy) is 1. The first-order valence-electron chi connectivity index (χ1n) is 8.27. The van der Waals surface area contributed by atoms with E-state index in [0.717, 1.165) is 11.3 Å². The average molecular weight is 335 g/mol. The number of hydrogen-bond donors (Lipinski definition) is 0. The highest BCUT2D eigenvalue weighted by Crippen LogP contribution is 2.19. The largest absolute Gasteiger partial charge is 0.422 e. The van der Waals surface area contributed by atoms with Crippen LogP contribution in [0.1, 0.15) is 47.1 Å². The van der Waals surface area contributed by atoms with Crippen LogP contribution in [0.15, 0.2) is 48.5 Å². The number of carbonyl (C=O) groups is 1. The van der Waals surface area contributed by atoms with Gasteiger partial charge in [0.25, 0.3) is 0 Å². The Morgan fingerprint density at radius 2 is 1.64 bits per heavy atom. The molecular formula is C20H21N3O2. The van der Waals surface area contributed by atoms with Crippen molar-refractivity contribution in [2.24, 2.45) is 0 Å². The molecule has 0 unspecified atom stereocenters. The van der Waals surface area contributed by atoms with Crippen molar-refractivity contribution >= 4 is 5.97 Å². The second-order valence-electron chi connectivity index (χ2n) is 6.38. The predicted molar refractivity (Wildman–Crippen MR) is 96.3 cm³/mol. The molecular weight excluding hydrogens is 314 g/mol. The van der Waals surface area contributed by atoms with Gasteiger partial charge in [-0.25, -0.2) is 9.48 Å². The van der Waals surface area contributed by atoms with Crippen molar-refractivity contribution in [2.45, 2.75) is 33.6 Å². The maximum atomic E-state index is 12.4. The minimum Gasteiger partial charge on any atom is -0.422 e. The van der Waals surface area contributed by atoms with Crippen LogP contribution in [0.4, 0.5) is 0 Å². The second kappa shape index (κ2) is 6.89. The summed E-state index contributed by atoms with van der Waals surface area (Å²) in [7, 11) is 0. The van der Waals surface area contributed by atoms with Crippen molar-refractivity contribution < 1.29 is 9.53 Å². The van der Waals surface area contributed by atoms with E-state index in [9.17, 15) is 4.79 Å². The number of rotatable bonds is 4. The van der Waals surface area contributed by atoms with Crippen LogP contribution in [-0.4, -0.2) is 21.0 Å². The zero-order valence-electron chi connectivity index (χ0n) is 14.9. The van der Waals surface area contributed by atoms with E-state index in [1.165, 1.54) is 5.56 Å². The zero-order chi connectivity index (χ0) is 18.0. The molecule has 0 saturated carbocycles. The SMILES string of the molecule is Cc1ccc(OC(=O)c2nnn(-c3ccc(C(C)C)cc3)c2C)cc1. The van der Waals surface area contributed by atoms with Crippen LogP contribution < -0.4 is 4.74 Å². The van der Waals surface area contributed by atoms with Crippen molar-refractivity contribution in [1.82, 2.24) is 15.0 Å². The van der Waals surface area contributed by atoms with Gasteiger partial charge in [0.2, 0.25) is 0 Å². The summed E-state index contributed by atoms with van der Waals surface area (Å²) in [6.07, 6.45) is 0. The van der Waals surface area contributed by atoms with E-state index in [4.69, 9.17) is 4.74 Å². The number of nitrogens with zero attached hydrogens (tertiary/aromatic N) is 3. The van der Waals surface area contributed by atoms with Gasteiger partial charge in [-0.1, -0.05) is 48.9 Å². The third kappa shape index (κ3) is 3.60. The lowest BCUT2D eigenvalue weighted by atomic mass is 10.0. The maximum absolute atomic E-state index is 12.4.